The lowest BCUT2D eigenvalue weighted by Crippen LogP contribution is -2.30. The monoisotopic (exact) mass is 330 g/mol. The minimum absolute atomic E-state index is 0.255. The van der Waals surface area contributed by atoms with E-state index in [4.69, 9.17) is 0 Å². The van der Waals surface area contributed by atoms with Crippen LogP contribution in [-0.2, 0) is 16.6 Å². The van der Waals surface area contributed by atoms with Gasteiger partial charge in [0.25, 0.3) is 0 Å². The molecular weight excluding hydrogens is 304 g/mol. The van der Waals surface area contributed by atoms with Gasteiger partial charge in [0.1, 0.15) is 0 Å². The molecule has 0 bridgehead atoms. The van der Waals surface area contributed by atoms with E-state index in [1.807, 2.05) is 26.2 Å². The van der Waals surface area contributed by atoms with Crippen molar-refractivity contribution < 1.29 is 8.42 Å². The maximum atomic E-state index is 12.4. The standard InChI is InChI=1S/C15H26N2O2S2/c1-11(2)16-10-14-7-6-8-15(13(14)4)21(18,19)17-9-12(3)20-5/h6-8,11-12,16-17H,9-10H2,1-5H3. The fourth-order valence-corrected chi connectivity index (χ4v) is 3.62. The Morgan fingerprint density at radius 3 is 2.48 bits per heavy atom. The second kappa shape index (κ2) is 8.17. The van der Waals surface area contributed by atoms with Crippen molar-refractivity contribution in [2.24, 2.45) is 0 Å². The highest BCUT2D eigenvalue weighted by Gasteiger charge is 2.18. The van der Waals surface area contributed by atoms with Crippen molar-refractivity contribution in [2.75, 3.05) is 12.8 Å². The molecule has 120 valence electrons. The van der Waals surface area contributed by atoms with Gasteiger partial charge in [-0.1, -0.05) is 32.9 Å². The number of sulfonamides is 1. The summed E-state index contributed by atoms with van der Waals surface area (Å²) >= 11 is 1.64. The highest BCUT2D eigenvalue weighted by atomic mass is 32.2. The van der Waals surface area contributed by atoms with Gasteiger partial charge >= 0.3 is 0 Å². The summed E-state index contributed by atoms with van der Waals surface area (Å²) in [5.41, 5.74) is 1.83. The highest BCUT2D eigenvalue weighted by molar-refractivity contribution is 7.99. The van der Waals surface area contributed by atoms with E-state index in [-0.39, 0.29) is 5.25 Å². The van der Waals surface area contributed by atoms with Gasteiger partial charge in [-0.3, -0.25) is 0 Å². The third kappa shape index (κ3) is 5.62. The van der Waals surface area contributed by atoms with Crippen LogP contribution >= 0.6 is 11.8 Å². The Labute approximate surface area is 133 Å². The molecule has 0 saturated heterocycles. The minimum Gasteiger partial charge on any atom is -0.310 e. The van der Waals surface area contributed by atoms with E-state index in [1.54, 1.807) is 23.9 Å². The molecular formula is C15H26N2O2S2. The van der Waals surface area contributed by atoms with Crippen molar-refractivity contribution in [3.63, 3.8) is 0 Å². The highest BCUT2D eigenvalue weighted by Crippen LogP contribution is 2.19. The zero-order valence-corrected chi connectivity index (χ0v) is 15.1. The third-order valence-electron chi connectivity index (χ3n) is 3.35. The van der Waals surface area contributed by atoms with Crippen LogP contribution in [0.5, 0.6) is 0 Å². The molecule has 6 heteroatoms. The van der Waals surface area contributed by atoms with Gasteiger partial charge in [0.05, 0.1) is 4.90 Å². The van der Waals surface area contributed by atoms with Crippen LogP contribution in [0, 0.1) is 6.92 Å². The van der Waals surface area contributed by atoms with E-state index >= 15 is 0 Å². The number of rotatable bonds is 8. The Balaban J connectivity index is 2.94. The summed E-state index contributed by atoms with van der Waals surface area (Å²) < 4.78 is 27.5. The molecule has 0 aliphatic rings. The van der Waals surface area contributed by atoms with E-state index in [0.29, 0.717) is 24.0 Å². The summed E-state index contributed by atoms with van der Waals surface area (Å²) in [4.78, 5) is 0.374. The second-order valence-corrected chi connectivity index (χ2v) is 8.49. The predicted molar refractivity (Wildman–Crippen MR) is 91.3 cm³/mol. The zero-order chi connectivity index (χ0) is 16.0. The maximum Gasteiger partial charge on any atom is 0.240 e. The first kappa shape index (κ1) is 18.5. The Morgan fingerprint density at radius 2 is 1.90 bits per heavy atom. The lowest BCUT2D eigenvalue weighted by atomic mass is 10.1. The van der Waals surface area contributed by atoms with Crippen molar-refractivity contribution in [3.8, 4) is 0 Å². The summed E-state index contributed by atoms with van der Waals surface area (Å²) in [6, 6.07) is 5.80. The summed E-state index contributed by atoms with van der Waals surface area (Å²) in [5, 5.41) is 3.58. The van der Waals surface area contributed by atoms with Gasteiger partial charge in [0.2, 0.25) is 10.0 Å². The fraction of sp³-hybridized carbons (Fsp3) is 0.600. The van der Waals surface area contributed by atoms with E-state index in [2.05, 4.69) is 23.9 Å². The number of nitrogens with one attached hydrogen (secondary N) is 2. The lowest BCUT2D eigenvalue weighted by molar-refractivity contribution is 0.577. The third-order valence-corrected chi connectivity index (χ3v) is 5.89. The maximum absolute atomic E-state index is 12.4. The molecule has 0 heterocycles. The molecule has 0 aliphatic carbocycles. The normalized spacial score (nSPS) is 13.6. The Morgan fingerprint density at radius 1 is 1.24 bits per heavy atom. The van der Waals surface area contributed by atoms with Crippen molar-refractivity contribution in [3.05, 3.63) is 29.3 Å². The van der Waals surface area contributed by atoms with E-state index < -0.39 is 10.0 Å². The topological polar surface area (TPSA) is 58.2 Å². The first-order valence-electron chi connectivity index (χ1n) is 7.12. The number of hydrogen-bond acceptors (Lipinski definition) is 4. The van der Waals surface area contributed by atoms with Gasteiger partial charge in [-0.2, -0.15) is 11.8 Å². The smallest absolute Gasteiger partial charge is 0.240 e. The van der Waals surface area contributed by atoms with Crippen LogP contribution in [0.15, 0.2) is 23.1 Å². The van der Waals surface area contributed by atoms with Crippen LogP contribution in [-0.4, -0.2) is 32.5 Å². The van der Waals surface area contributed by atoms with Gasteiger partial charge in [-0.05, 0) is 30.4 Å². The van der Waals surface area contributed by atoms with Gasteiger partial charge in [0.15, 0.2) is 0 Å². The molecule has 0 spiro atoms. The molecule has 0 radical (unpaired) electrons. The van der Waals surface area contributed by atoms with Crippen LogP contribution in [0.1, 0.15) is 31.9 Å². The largest absolute Gasteiger partial charge is 0.310 e. The van der Waals surface area contributed by atoms with Gasteiger partial charge in [-0.25, -0.2) is 13.1 Å². The minimum atomic E-state index is -3.45. The molecule has 1 atom stereocenters. The van der Waals surface area contributed by atoms with E-state index in [0.717, 1.165) is 11.1 Å². The summed E-state index contributed by atoms with van der Waals surface area (Å²) in [6.07, 6.45) is 1.97. The van der Waals surface area contributed by atoms with Crippen LogP contribution in [0.2, 0.25) is 0 Å². The Bertz CT molecular complexity index is 557. The Hall–Kier alpha value is -0.560. The number of hydrogen-bond donors (Lipinski definition) is 2. The van der Waals surface area contributed by atoms with Crippen LogP contribution in [0.25, 0.3) is 0 Å². The molecule has 4 nitrogen and oxygen atoms in total. The van der Waals surface area contributed by atoms with Crippen LogP contribution < -0.4 is 10.0 Å². The van der Waals surface area contributed by atoms with Gasteiger partial charge < -0.3 is 5.32 Å². The predicted octanol–water partition coefficient (Wildman–Crippen LogP) is 2.52. The van der Waals surface area contributed by atoms with Crippen molar-refractivity contribution >= 4 is 21.8 Å². The average molecular weight is 331 g/mol. The van der Waals surface area contributed by atoms with E-state index in [9.17, 15) is 8.42 Å². The first-order valence-corrected chi connectivity index (χ1v) is 9.89. The van der Waals surface area contributed by atoms with Gasteiger partial charge in [-0.15, -0.1) is 0 Å². The van der Waals surface area contributed by atoms with Crippen molar-refractivity contribution in [2.45, 2.75) is 50.4 Å². The summed E-state index contributed by atoms with van der Waals surface area (Å²) in [6.45, 7) is 9.13. The van der Waals surface area contributed by atoms with Crippen LogP contribution in [0.3, 0.4) is 0 Å². The molecule has 0 fully saturated rings. The average Bonchev–Trinajstić information content (AvgIpc) is 2.43. The molecule has 1 unspecified atom stereocenters. The summed E-state index contributed by atoms with van der Waals surface area (Å²) in [7, 11) is -3.45. The SMILES string of the molecule is CSC(C)CNS(=O)(=O)c1cccc(CNC(C)C)c1C. The lowest BCUT2D eigenvalue weighted by Gasteiger charge is -2.15. The number of thioether (sulfide) groups is 1. The van der Waals surface area contributed by atoms with Gasteiger partial charge in [0, 0.05) is 24.4 Å². The molecule has 1 aromatic carbocycles. The van der Waals surface area contributed by atoms with E-state index in [1.165, 1.54) is 0 Å². The van der Waals surface area contributed by atoms with Crippen molar-refractivity contribution in [1.82, 2.24) is 10.0 Å². The van der Waals surface area contributed by atoms with Crippen molar-refractivity contribution in [1.29, 1.82) is 0 Å². The molecule has 0 aromatic heterocycles. The Kier molecular flexibility index (Phi) is 7.20. The zero-order valence-electron chi connectivity index (χ0n) is 13.4. The molecule has 0 amide bonds. The molecule has 1 aromatic rings. The quantitative estimate of drug-likeness (QED) is 0.769. The molecule has 0 saturated carbocycles. The first-order chi connectivity index (χ1) is 9.77. The van der Waals surface area contributed by atoms with Crippen LogP contribution in [0.4, 0.5) is 0 Å². The number of benzene rings is 1. The molecule has 2 N–H and O–H groups in total. The second-order valence-electron chi connectivity index (χ2n) is 5.47. The fourth-order valence-electron chi connectivity index (χ4n) is 1.84. The molecule has 0 aliphatic heterocycles. The molecule has 1 rings (SSSR count). The molecule has 21 heavy (non-hydrogen) atoms. The summed E-state index contributed by atoms with van der Waals surface area (Å²) in [5.74, 6) is 0.